The van der Waals surface area contributed by atoms with E-state index in [-0.39, 0.29) is 18.9 Å². The molecule has 518 valence electrons. The highest BCUT2D eigenvalue weighted by Crippen LogP contribution is 2.30. The van der Waals surface area contributed by atoms with Crippen molar-refractivity contribution in [1.29, 1.82) is 0 Å². The molecule has 12 atom stereocenters. The first-order valence-corrected chi connectivity index (χ1v) is 36.1. The van der Waals surface area contributed by atoms with Gasteiger partial charge in [-0.15, -0.1) is 0 Å². The summed E-state index contributed by atoms with van der Waals surface area (Å²) in [7, 11) is 0. The summed E-state index contributed by atoms with van der Waals surface area (Å²) in [5.74, 6) is -0.283. The number of hydrogen-bond acceptors (Lipinski definition) is 13. The van der Waals surface area contributed by atoms with Crippen molar-refractivity contribution in [3.05, 3.63) is 109 Å². The first-order valence-electron chi connectivity index (χ1n) is 36.1. The Balaban J connectivity index is 1.71. The van der Waals surface area contributed by atoms with Gasteiger partial charge in [0, 0.05) is 6.42 Å². The molecule has 14 heteroatoms. The van der Waals surface area contributed by atoms with Crippen LogP contribution in [-0.4, -0.2) is 140 Å². The molecule has 2 aliphatic rings. The molecule has 14 nitrogen and oxygen atoms in total. The maximum absolute atomic E-state index is 13.3. The smallest absolute Gasteiger partial charge is 0.220 e. The van der Waals surface area contributed by atoms with Crippen molar-refractivity contribution in [2.24, 2.45) is 0 Å². The van der Waals surface area contributed by atoms with Crippen molar-refractivity contribution < 1.29 is 64.6 Å². The second kappa shape index (κ2) is 59.4. The fourth-order valence-electron chi connectivity index (χ4n) is 11.3. The highest BCUT2D eigenvalue weighted by molar-refractivity contribution is 5.76. The van der Waals surface area contributed by atoms with Crippen LogP contribution in [-0.2, 0) is 23.7 Å². The first kappa shape index (κ1) is 82.7. The second-order valence-electron chi connectivity index (χ2n) is 25.0. The quantitative estimate of drug-likeness (QED) is 0.0204. The molecule has 2 fully saturated rings. The van der Waals surface area contributed by atoms with Gasteiger partial charge in [0.15, 0.2) is 12.6 Å². The second-order valence-corrected chi connectivity index (χ2v) is 25.0. The van der Waals surface area contributed by atoms with Gasteiger partial charge in [-0.1, -0.05) is 290 Å². The molecule has 0 radical (unpaired) electrons. The Morgan fingerprint density at radius 2 is 0.767 bits per heavy atom. The van der Waals surface area contributed by atoms with Crippen LogP contribution in [0.4, 0.5) is 0 Å². The van der Waals surface area contributed by atoms with Crippen molar-refractivity contribution in [3.8, 4) is 0 Å². The van der Waals surface area contributed by atoms with E-state index < -0.39 is 86.8 Å². The molecular weight excluding hydrogens is 1130 g/mol. The van der Waals surface area contributed by atoms with Crippen molar-refractivity contribution in [3.63, 3.8) is 0 Å². The van der Waals surface area contributed by atoms with E-state index in [0.29, 0.717) is 6.42 Å². The van der Waals surface area contributed by atoms with E-state index in [4.69, 9.17) is 18.9 Å². The third-order valence-corrected chi connectivity index (χ3v) is 17.0. The summed E-state index contributed by atoms with van der Waals surface area (Å²) in [5.41, 5.74) is 0. The third-order valence-electron chi connectivity index (χ3n) is 17.0. The van der Waals surface area contributed by atoms with E-state index in [1.54, 1.807) is 6.08 Å². The Bertz CT molecular complexity index is 1930. The summed E-state index contributed by atoms with van der Waals surface area (Å²) in [6, 6.07) is -0.948. The van der Waals surface area contributed by atoms with Gasteiger partial charge in [0.05, 0.1) is 32.0 Å². The van der Waals surface area contributed by atoms with E-state index >= 15 is 0 Å². The molecule has 12 unspecified atom stereocenters. The Morgan fingerprint density at radius 3 is 1.18 bits per heavy atom. The molecule has 90 heavy (non-hydrogen) atoms. The lowest BCUT2D eigenvalue weighted by Gasteiger charge is -2.46. The van der Waals surface area contributed by atoms with Crippen LogP contribution < -0.4 is 5.32 Å². The molecule has 2 saturated heterocycles. The zero-order valence-electron chi connectivity index (χ0n) is 56.3. The fraction of sp³-hybridized carbons (Fsp3) is 0.750. The normalized spacial score (nSPS) is 23.6. The van der Waals surface area contributed by atoms with Gasteiger partial charge in [-0.2, -0.15) is 0 Å². The summed E-state index contributed by atoms with van der Waals surface area (Å²) in [5, 5.41) is 87.5. The molecule has 2 heterocycles. The van der Waals surface area contributed by atoms with Crippen molar-refractivity contribution >= 4 is 5.91 Å². The number of allylic oxidation sites excluding steroid dienone is 17. The van der Waals surface area contributed by atoms with Crippen LogP contribution in [0.2, 0.25) is 0 Å². The van der Waals surface area contributed by atoms with Gasteiger partial charge in [-0.25, -0.2) is 0 Å². The molecular formula is C76H131NO13. The predicted octanol–water partition coefficient (Wildman–Crippen LogP) is 15.1. The summed E-state index contributed by atoms with van der Waals surface area (Å²) in [4.78, 5) is 13.3. The van der Waals surface area contributed by atoms with Crippen LogP contribution in [0.25, 0.3) is 0 Å². The largest absolute Gasteiger partial charge is 0.394 e. The zero-order valence-corrected chi connectivity index (χ0v) is 56.3. The highest BCUT2D eigenvalue weighted by Gasteiger charge is 2.51. The van der Waals surface area contributed by atoms with Crippen LogP contribution in [0.5, 0.6) is 0 Å². The number of hydrogen-bond donors (Lipinski definition) is 9. The Hall–Kier alpha value is -3.35. The lowest BCUT2D eigenvalue weighted by atomic mass is 9.97. The molecule has 0 aromatic rings. The van der Waals surface area contributed by atoms with Crippen LogP contribution in [0.1, 0.15) is 271 Å². The molecule has 0 aromatic heterocycles. The van der Waals surface area contributed by atoms with Gasteiger partial charge in [0.2, 0.25) is 5.91 Å². The standard InChI is InChI=1S/C76H131NO13/c1-3-5-7-9-11-13-15-17-19-21-23-25-27-29-31-32-34-35-37-39-41-43-45-47-49-51-53-55-57-59-65(80)64(63-87-75-73(86)71(84)74(67(62-79)89-75)90-76-72(85)70(83)69(82)66(61-78)88-76)77-68(81)60-58-56-54-52-50-48-46-44-42-40-38-36-33-30-28-26-24-22-20-18-16-14-12-10-8-6-4-2/h6,8,12,14,18,20,24,26,30,33,38,40,44,46,50,52,57,59,64-67,69-76,78-80,82-86H,3-5,7,9-11,13,15-17,19,21-23,25,27-29,31-32,34-37,39,41-43,45,47-49,51,53-56,58,60-63H2,1-2H3,(H,77,81)/b8-6-,14-12-,20-18-,26-24-,33-30-,40-38-,46-44-,52-50-,59-57+. The predicted molar refractivity (Wildman–Crippen MR) is 369 cm³/mol. The third kappa shape index (κ3) is 42.8. The van der Waals surface area contributed by atoms with Crippen molar-refractivity contribution in [1.82, 2.24) is 5.32 Å². The molecule has 0 aliphatic carbocycles. The molecule has 0 aromatic carbocycles. The summed E-state index contributed by atoms with van der Waals surface area (Å²) in [6.45, 7) is 2.68. The average Bonchev–Trinajstić information content (AvgIpc) is 1.41. The monoisotopic (exact) mass is 1270 g/mol. The van der Waals surface area contributed by atoms with Gasteiger partial charge in [-0.05, 0) is 83.5 Å². The number of aliphatic hydroxyl groups is 8. The van der Waals surface area contributed by atoms with Gasteiger partial charge >= 0.3 is 0 Å². The molecule has 0 bridgehead atoms. The maximum Gasteiger partial charge on any atom is 0.220 e. The number of rotatable bonds is 58. The minimum absolute atomic E-state index is 0.219. The number of amides is 1. The minimum Gasteiger partial charge on any atom is -0.394 e. The van der Waals surface area contributed by atoms with Crippen LogP contribution in [0.15, 0.2) is 109 Å². The van der Waals surface area contributed by atoms with Gasteiger partial charge in [0.1, 0.15) is 48.8 Å². The lowest BCUT2D eigenvalue weighted by Crippen LogP contribution is -2.65. The number of ether oxygens (including phenoxy) is 4. The number of nitrogens with one attached hydrogen (secondary N) is 1. The van der Waals surface area contributed by atoms with Crippen LogP contribution in [0.3, 0.4) is 0 Å². The SMILES string of the molecule is CC/C=C\C/C=C\C/C=C\C/C=C\C/C=C\C/C=C\C/C=C\C/C=C\CCCCC(=O)NC(COC1OC(CO)C(OC2OC(CO)C(O)C(O)C2O)C(O)C1O)C(O)/C=C/CCCCCCCCCCCCCCCCCCCCCCCCCCCCC. The molecule has 1 amide bonds. The van der Waals surface area contributed by atoms with E-state index in [1.165, 1.54) is 161 Å². The number of carbonyl (C=O) groups excluding carboxylic acids is 1. The fourth-order valence-corrected chi connectivity index (χ4v) is 11.3. The lowest BCUT2D eigenvalue weighted by molar-refractivity contribution is -0.359. The number of carbonyl (C=O) groups is 1. The van der Waals surface area contributed by atoms with Crippen LogP contribution >= 0.6 is 0 Å². The van der Waals surface area contributed by atoms with E-state index in [0.717, 1.165) is 83.5 Å². The first-order chi connectivity index (χ1) is 44.1. The Kier molecular flexibility index (Phi) is 54.6. The minimum atomic E-state index is -1.80. The number of aliphatic hydroxyl groups excluding tert-OH is 8. The summed E-state index contributed by atoms with van der Waals surface area (Å²) >= 11 is 0. The number of unbranched alkanes of at least 4 members (excludes halogenated alkanes) is 29. The van der Waals surface area contributed by atoms with Gasteiger partial charge < -0.3 is 65.1 Å². The van der Waals surface area contributed by atoms with Crippen molar-refractivity contribution in [2.45, 2.75) is 344 Å². The molecule has 9 N–H and O–H groups in total. The van der Waals surface area contributed by atoms with Crippen LogP contribution in [0, 0.1) is 0 Å². The van der Waals surface area contributed by atoms with Gasteiger partial charge in [-0.3, -0.25) is 4.79 Å². The zero-order chi connectivity index (χ0) is 65.2. The molecule has 0 spiro atoms. The Labute approximate surface area is 546 Å². The average molecular weight is 1270 g/mol. The summed E-state index contributed by atoms with van der Waals surface area (Å²) < 4.78 is 22.8. The van der Waals surface area contributed by atoms with Gasteiger partial charge in [0.25, 0.3) is 0 Å². The van der Waals surface area contributed by atoms with Crippen molar-refractivity contribution in [2.75, 3.05) is 19.8 Å². The summed E-state index contributed by atoms with van der Waals surface area (Å²) in [6.07, 6.45) is 68.6. The molecule has 2 aliphatic heterocycles. The maximum atomic E-state index is 13.3. The molecule has 0 saturated carbocycles. The van der Waals surface area contributed by atoms with E-state index in [2.05, 4.69) is 116 Å². The van der Waals surface area contributed by atoms with E-state index in [9.17, 15) is 45.6 Å². The van der Waals surface area contributed by atoms with E-state index in [1.807, 2.05) is 6.08 Å². The topological polar surface area (TPSA) is 228 Å². The Morgan fingerprint density at radius 1 is 0.411 bits per heavy atom. The highest BCUT2D eigenvalue weighted by atomic mass is 16.7. The molecule has 2 rings (SSSR count).